The highest BCUT2D eigenvalue weighted by Crippen LogP contribution is 2.50. The molecule has 3 aromatic carbocycles. The molecule has 8 heteroatoms. The van der Waals surface area contributed by atoms with E-state index in [9.17, 15) is 9.59 Å². The Hall–Kier alpha value is -4.46. The Kier molecular flexibility index (Phi) is 6.41. The average Bonchev–Trinajstić information content (AvgIpc) is 3.37. The standard InChI is InChI=1S/C32H33N3O5/c1-5-40-29-21(13-10-16-26(29)39-4)23-18-35-27(36)19-34(17-20-11-6-9-15-25(20)38-3)31(37)32(35,2)30-28(23)22-12-7-8-14-24(22)33-30/h6-16,23,33H,5,17-19H2,1-4H3. The molecule has 0 radical (unpaired) electrons. The summed E-state index contributed by atoms with van der Waals surface area (Å²) in [6.45, 7) is 4.88. The maximum Gasteiger partial charge on any atom is 0.255 e. The maximum atomic E-state index is 14.4. The fourth-order valence-corrected chi connectivity index (χ4v) is 6.39. The third kappa shape index (κ3) is 3.81. The summed E-state index contributed by atoms with van der Waals surface area (Å²) >= 11 is 0. The van der Waals surface area contributed by atoms with E-state index < -0.39 is 5.54 Å². The predicted molar refractivity (Wildman–Crippen MR) is 152 cm³/mol. The first kappa shape index (κ1) is 25.8. The molecule has 2 amide bonds. The van der Waals surface area contributed by atoms with Crippen LogP contribution < -0.4 is 14.2 Å². The summed E-state index contributed by atoms with van der Waals surface area (Å²) in [5.41, 5.74) is 3.23. The van der Waals surface area contributed by atoms with Crippen molar-refractivity contribution in [2.75, 3.05) is 33.9 Å². The molecule has 0 aliphatic carbocycles. The molecule has 40 heavy (non-hydrogen) atoms. The fourth-order valence-electron chi connectivity index (χ4n) is 6.39. The first-order valence-corrected chi connectivity index (χ1v) is 13.5. The number of carbonyl (C=O) groups is 2. The zero-order valence-electron chi connectivity index (χ0n) is 23.2. The van der Waals surface area contributed by atoms with Gasteiger partial charge in [-0.1, -0.05) is 48.5 Å². The summed E-state index contributed by atoms with van der Waals surface area (Å²) in [6.07, 6.45) is 0. The number of methoxy groups -OCH3 is 2. The number of para-hydroxylation sites is 3. The third-order valence-electron chi connectivity index (χ3n) is 8.26. The van der Waals surface area contributed by atoms with Crippen LogP contribution in [0.15, 0.2) is 66.7 Å². The lowest BCUT2D eigenvalue weighted by Gasteiger charge is -2.51. The molecule has 4 aromatic rings. The minimum absolute atomic E-state index is 0.00875. The van der Waals surface area contributed by atoms with Crippen molar-refractivity contribution in [1.29, 1.82) is 0 Å². The van der Waals surface area contributed by atoms with Crippen molar-refractivity contribution in [3.63, 3.8) is 0 Å². The molecule has 2 atom stereocenters. The number of fused-ring (bicyclic) bond motifs is 5. The van der Waals surface area contributed by atoms with Crippen LogP contribution in [0.3, 0.4) is 0 Å². The van der Waals surface area contributed by atoms with Gasteiger partial charge in [-0.15, -0.1) is 0 Å². The van der Waals surface area contributed by atoms with Crippen molar-refractivity contribution < 1.29 is 23.8 Å². The van der Waals surface area contributed by atoms with Crippen LogP contribution in [0.25, 0.3) is 10.9 Å². The van der Waals surface area contributed by atoms with Gasteiger partial charge < -0.3 is 29.0 Å². The van der Waals surface area contributed by atoms with E-state index in [4.69, 9.17) is 14.2 Å². The minimum atomic E-state index is -1.20. The molecular weight excluding hydrogens is 506 g/mol. The van der Waals surface area contributed by atoms with E-state index in [2.05, 4.69) is 11.1 Å². The van der Waals surface area contributed by atoms with Gasteiger partial charge in [-0.2, -0.15) is 0 Å². The van der Waals surface area contributed by atoms with Crippen LogP contribution >= 0.6 is 0 Å². The smallest absolute Gasteiger partial charge is 0.255 e. The highest BCUT2D eigenvalue weighted by atomic mass is 16.5. The van der Waals surface area contributed by atoms with E-state index in [1.165, 1.54) is 0 Å². The number of rotatable bonds is 7. The number of hydrogen-bond donors (Lipinski definition) is 1. The molecule has 0 saturated carbocycles. The first-order valence-electron chi connectivity index (χ1n) is 13.5. The molecule has 0 spiro atoms. The lowest BCUT2D eigenvalue weighted by molar-refractivity contribution is -0.167. The van der Waals surface area contributed by atoms with E-state index in [1.807, 2.05) is 74.5 Å². The normalized spacial score (nSPS) is 20.4. The van der Waals surface area contributed by atoms with E-state index >= 15 is 0 Å². The minimum Gasteiger partial charge on any atom is -0.496 e. The number of amides is 2. The number of hydrogen-bond acceptors (Lipinski definition) is 5. The van der Waals surface area contributed by atoms with Gasteiger partial charge in [0.1, 0.15) is 12.3 Å². The van der Waals surface area contributed by atoms with E-state index in [0.29, 0.717) is 30.4 Å². The Morgan fingerprint density at radius 1 is 0.950 bits per heavy atom. The Morgan fingerprint density at radius 2 is 1.68 bits per heavy atom. The van der Waals surface area contributed by atoms with Crippen LogP contribution in [0.2, 0.25) is 0 Å². The van der Waals surface area contributed by atoms with Gasteiger partial charge in [0.05, 0.1) is 26.5 Å². The lowest BCUT2D eigenvalue weighted by Crippen LogP contribution is -2.67. The zero-order chi connectivity index (χ0) is 28.0. The number of carbonyl (C=O) groups excluding carboxylic acids is 2. The Bertz CT molecular complexity index is 1610. The number of nitrogens with zero attached hydrogens (tertiary/aromatic N) is 2. The second-order valence-corrected chi connectivity index (χ2v) is 10.4. The zero-order valence-corrected chi connectivity index (χ0v) is 23.2. The number of benzene rings is 3. The second-order valence-electron chi connectivity index (χ2n) is 10.4. The monoisotopic (exact) mass is 539 g/mol. The molecule has 3 heterocycles. The molecule has 1 N–H and O–H groups in total. The summed E-state index contributed by atoms with van der Waals surface area (Å²) in [7, 11) is 3.23. The summed E-state index contributed by atoms with van der Waals surface area (Å²) in [6, 6.07) is 21.5. The van der Waals surface area contributed by atoms with Crippen LogP contribution in [0, 0.1) is 0 Å². The first-order chi connectivity index (χ1) is 19.4. The molecule has 2 unspecified atom stereocenters. The number of aromatic amines is 1. The Labute approximate surface area is 233 Å². The van der Waals surface area contributed by atoms with Crippen LogP contribution in [0.4, 0.5) is 0 Å². The highest BCUT2D eigenvalue weighted by molar-refractivity contribution is 6.01. The van der Waals surface area contributed by atoms with Crippen molar-refractivity contribution in [2.45, 2.75) is 31.8 Å². The predicted octanol–water partition coefficient (Wildman–Crippen LogP) is 4.82. The molecular formula is C32H33N3O5. The van der Waals surface area contributed by atoms with Gasteiger partial charge in [0.15, 0.2) is 17.0 Å². The third-order valence-corrected chi connectivity index (χ3v) is 8.26. The largest absolute Gasteiger partial charge is 0.496 e. The SMILES string of the molecule is CCOc1c(OC)cccc1C1CN2C(=O)CN(Cc3ccccc3OC)C(=O)C2(C)c2[nH]c3ccccc3c21. The molecule has 1 fully saturated rings. The van der Waals surface area contributed by atoms with Gasteiger partial charge in [-0.05, 0) is 37.6 Å². The number of nitrogens with one attached hydrogen (secondary N) is 1. The molecule has 1 aromatic heterocycles. The second kappa shape index (κ2) is 9.93. The number of aromatic nitrogens is 1. The lowest BCUT2D eigenvalue weighted by atomic mass is 9.76. The summed E-state index contributed by atoms with van der Waals surface area (Å²) < 4.78 is 17.3. The molecule has 8 nitrogen and oxygen atoms in total. The molecule has 6 rings (SSSR count). The molecule has 2 aliphatic heterocycles. The van der Waals surface area contributed by atoms with Crippen LogP contribution in [0.1, 0.15) is 42.1 Å². The molecule has 1 saturated heterocycles. The summed E-state index contributed by atoms with van der Waals surface area (Å²) in [4.78, 5) is 35.3. The van der Waals surface area contributed by atoms with Gasteiger partial charge in [0.25, 0.3) is 5.91 Å². The molecule has 0 bridgehead atoms. The highest BCUT2D eigenvalue weighted by Gasteiger charge is 2.56. The summed E-state index contributed by atoms with van der Waals surface area (Å²) in [5, 5.41) is 1.02. The van der Waals surface area contributed by atoms with Gasteiger partial charge in [0, 0.05) is 41.0 Å². The maximum absolute atomic E-state index is 14.4. The van der Waals surface area contributed by atoms with Crippen molar-refractivity contribution in [1.82, 2.24) is 14.8 Å². The van der Waals surface area contributed by atoms with Crippen molar-refractivity contribution in [2.24, 2.45) is 0 Å². The van der Waals surface area contributed by atoms with Gasteiger partial charge in [0.2, 0.25) is 5.91 Å². The van der Waals surface area contributed by atoms with E-state index in [0.717, 1.165) is 33.3 Å². The quantitative estimate of drug-likeness (QED) is 0.364. The fraction of sp³-hybridized carbons (Fsp3) is 0.312. The van der Waals surface area contributed by atoms with Crippen LogP contribution in [-0.2, 0) is 21.7 Å². The van der Waals surface area contributed by atoms with E-state index in [1.54, 1.807) is 24.0 Å². The number of ether oxygens (including phenoxy) is 3. The van der Waals surface area contributed by atoms with Gasteiger partial charge in [-0.3, -0.25) is 9.59 Å². The number of H-pyrrole nitrogens is 1. The Morgan fingerprint density at radius 3 is 2.45 bits per heavy atom. The number of piperazine rings is 1. The Balaban J connectivity index is 1.52. The van der Waals surface area contributed by atoms with Crippen LogP contribution in [0.5, 0.6) is 17.2 Å². The van der Waals surface area contributed by atoms with Gasteiger partial charge >= 0.3 is 0 Å². The topological polar surface area (TPSA) is 84.1 Å². The average molecular weight is 540 g/mol. The van der Waals surface area contributed by atoms with Crippen molar-refractivity contribution in [3.05, 3.63) is 89.1 Å². The van der Waals surface area contributed by atoms with E-state index in [-0.39, 0.29) is 30.8 Å². The van der Waals surface area contributed by atoms with Crippen molar-refractivity contribution >= 4 is 22.7 Å². The molecule has 206 valence electrons. The van der Waals surface area contributed by atoms with Crippen LogP contribution in [-0.4, -0.2) is 60.5 Å². The molecule has 2 aliphatic rings. The van der Waals surface area contributed by atoms with Crippen molar-refractivity contribution in [3.8, 4) is 17.2 Å². The van der Waals surface area contributed by atoms with Gasteiger partial charge in [-0.25, -0.2) is 0 Å². The summed E-state index contributed by atoms with van der Waals surface area (Å²) in [5.74, 6) is 1.52.